The molecule has 6 nitrogen and oxygen atoms in total. The zero-order valence-corrected chi connectivity index (χ0v) is 15.0. The lowest BCUT2D eigenvalue weighted by Gasteiger charge is -2.28. The maximum absolute atomic E-state index is 13.2. The normalized spacial score (nSPS) is 14.1. The van der Waals surface area contributed by atoms with E-state index in [4.69, 9.17) is 5.73 Å². The predicted octanol–water partition coefficient (Wildman–Crippen LogP) is 2.42. The van der Waals surface area contributed by atoms with E-state index < -0.39 is 5.95 Å². The minimum Gasteiger partial charge on any atom is -0.399 e. The van der Waals surface area contributed by atoms with Crippen molar-refractivity contribution in [3.05, 3.63) is 75.2 Å². The van der Waals surface area contributed by atoms with Gasteiger partial charge in [0.15, 0.2) is 0 Å². The number of aromatic amines is 1. The van der Waals surface area contributed by atoms with Crippen LogP contribution in [0.2, 0.25) is 0 Å². The van der Waals surface area contributed by atoms with Crippen molar-refractivity contribution in [1.29, 1.82) is 0 Å². The zero-order valence-electron chi connectivity index (χ0n) is 15.0. The molecular weight excluding hydrogens is 345 g/mol. The van der Waals surface area contributed by atoms with E-state index in [0.29, 0.717) is 42.3 Å². The fourth-order valence-electron chi connectivity index (χ4n) is 3.36. The van der Waals surface area contributed by atoms with Gasteiger partial charge in [0.1, 0.15) is 5.82 Å². The van der Waals surface area contributed by atoms with Crippen molar-refractivity contribution in [2.24, 2.45) is 0 Å². The molecule has 1 aromatic carbocycles. The van der Waals surface area contributed by atoms with E-state index in [-0.39, 0.29) is 5.56 Å². The van der Waals surface area contributed by atoms with Gasteiger partial charge in [-0.3, -0.25) is 9.69 Å². The van der Waals surface area contributed by atoms with Gasteiger partial charge in [0.2, 0.25) is 5.95 Å². The number of hydrogen-bond acceptors (Lipinski definition) is 5. The molecule has 0 saturated carbocycles. The van der Waals surface area contributed by atoms with Crippen LogP contribution in [0.4, 0.5) is 10.1 Å². The maximum Gasteiger partial charge on any atom is 0.255 e. The molecule has 2 aromatic heterocycles. The van der Waals surface area contributed by atoms with E-state index in [9.17, 15) is 9.18 Å². The standard InChI is InChI=1S/C20H20FN5O/c1-12-14(4-7-18(21)23-12)10-26-9-8-17-16(11-26)20(27)25-19(24-17)13-2-5-15(22)6-3-13/h2-7H,8-11,22H2,1H3,(H,24,25,27). The molecule has 3 aromatic rings. The molecule has 138 valence electrons. The number of hydrogen-bond donors (Lipinski definition) is 2. The highest BCUT2D eigenvalue weighted by atomic mass is 19.1. The van der Waals surface area contributed by atoms with Gasteiger partial charge in [-0.15, -0.1) is 0 Å². The number of benzene rings is 1. The molecule has 0 radical (unpaired) electrons. The number of pyridine rings is 1. The van der Waals surface area contributed by atoms with Crippen molar-refractivity contribution >= 4 is 5.69 Å². The van der Waals surface area contributed by atoms with Crippen LogP contribution in [0, 0.1) is 12.9 Å². The van der Waals surface area contributed by atoms with Crippen LogP contribution in [0.5, 0.6) is 0 Å². The molecular formula is C20H20FN5O. The molecule has 0 bridgehead atoms. The quantitative estimate of drug-likeness (QED) is 0.550. The van der Waals surface area contributed by atoms with Gasteiger partial charge >= 0.3 is 0 Å². The second-order valence-corrected chi connectivity index (χ2v) is 6.80. The summed E-state index contributed by atoms with van der Waals surface area (Å²) < 4.78 is 13.2. The summed E-state index contributed by atoms with van der Waals surface area (Å²) in [7, 11) is 0. The lowest BCUT2D eigenvalue weighted by molar-refractivity contribution is 0.241. The summed E-state index contributed by atoms with van der Waals surface area (Å²) in [5.41, 5.74) is 10.3. The number of fused-ring (bicyclic) bond motifs is 1. The van der Waals surface area contributed by atoms with Gasteiger partial charge < -0.3 is 10.7 Å². The van der Waals surface area contributed by atoms with Gasteiger partial charge in [-0.25, -0.2) is 9.97 Å². The number of aromatic nitrogens is 3. The first kappa shape index (κ1) is 17.4. The Morgan fingerprint density at radius 3 is 2.70 bits per heavy atom. The van der Waals surface area contributed by atoms with Crippen LogP contribution in [-0.4, -0.2) is 26.4 Å². The van der Waals surface area contributed by atoms with Gasteiger partial charge in [-0.1, -0.05) is 6.07 Å². The Labute approximate surface area is 155 Å². The number of aryl methyl sites for hydroxylation is 1. The minimum atomic E-state index is -0.476. The van der Waals surface area contributed by atoms with Crippen molar-refractivity contribution in [2.45, 2.75) is 26.4 Å². The van der Waals surface area contributed by atoms with Crippen LogP contribution < -0.4 is 11.3 Å². The van der Waals surface area contributed by atoms with Crippen LogP contribution in [0.1, 0.15) is 22.5 Å². The number of nitrogens with zero attached hydrogens (tertiary/aromatic N) is 3. The van der Waals surface area contributed by atoms with Gasteiger partial charge in [-0.2, -0.15) is 4.39 Å². The first-order valence-corrected chi connectivity index (χ1v) is 8.82. The third-order valence-corrected chi connectivity index (χ3v) is 4.89. The molecule has 0 atom stereocenters. The average molecular weight is 365 g/mol. The molecule has 27 heavy (non-hydrogen) atoms. The van der Waals surface area contributed by atoms with E-state index in [2.05, 4.69) is 19.9 Å². The SMILES string of the molecule is Cc1nc(F)ccc1CN1CCc2nc(-c3ccc(N)cc3)[nH]c(=O)c2C1. The second-order valence-electron chi connectivity index (χ2n) is 6.80. The van der Waals surface area contributed by atoms with Crippen LogP contribution in [0.25, 0.3) is 11.4 Å². The molecule has 4 rings (SSSR count). The maximum atomic E-state index is 13.2. The van der Waals surface area contributed by atoms with Crippen molar-refractivity contribution in [1.82, 2.24) is 19.9 Å². The lowest BCUT2D eigenvalue weighted by Crippen LogP contribution is -2.35. The third kappa shape index (κ3) is 3.59. The number of anilines is 1. The van der Waals surface area contributed by atoms with Gasteiger partial charge in [-0.05, 0) is 42.8 Å². The molecule has 0 spiro atoms. The highest BCUT2D eigenvalue weighted by Gasteiger charge is 2.22. The first-order valence-electron chi connectivity index (χ1n) is 8.82. The second kappa shape index (κ2) is 6.92. The van der Waals surface area contributed by atoms with Gasteiger partial charge in [0.05, 0.1) is 11.3 Å². The molecule has 0 amide bonds. The highest BCUT2D eigenvalue weighted by Crippen LogP contribution is 2.21. The van der Waals surface area contributed by atoms with E-state index in [0.717, 1.165) is 23.4 Å². The molecule has 0 aliphatic carbocycles. The monoisotopic (exact) mass is 365 g/mol. The zero-order chi connectivity index (χ0) is 19.0. The average Bonchev–Trinajstić information content (AvgIpc) is 2.65. The molecule has 1 aliphatic rings. The number of H-pyrrole nitrogens is 1. The highest BCUT2D eigenvalue weighted by molar-refractivity contribution is 5.58. The van der Waals surface area contributed by atoms with Crippen molar-refractivity contribution in [2.75, 3.05) is 12.3 Å². The summed E-state index contributed by atoms with van der Waals surface area (Å²) in [4.78, 5) is 26.2. The lowest BCUT2D eigenvalue weighted by atomic mass is 10.0. The molecule has 3 N–H and O–H groups in total. The van der Waals surface area contributed by atoms with Crippen molar-refractivity contribution in [3.63, 3.8) is 0 Å². The Morgan fingerprint density at radius 2 is 1.96 bits per heavy atom. The molecule has 0 saturated heterocycles. The van der Waals surface area contributed by atoms with E-state index in [1.54, 1.807) is 25.1 Å². The number of halogens is 1. The summed E-state index contributed by atoms with van der Waals surface area (Å²) >= 11 is 0. The molecule has 0 unspecified atom stereocenters. The van der Waals surface area contributed by atoms with Crippen LogP contribution in [0.3, 0.4) is 0 Å². The third-order valence-electron chi connectivity index (χ3n) is 4.89. The molecule has 0 fully saturated rings. The summed E-state index contributed by atoms with van der Waals surface area (Å²) in [5.74, 6) is 0.0851. The first-order chi connectivity index (χ1) is 13.0. The summed E-state index contributed by atoms with van der Waals surface area (Å²) in [6.07, 6.45) is 0.689. The Kier molecular flexibility index (Phi) is 4.45. The Balaban J connectivity index is 1.58. The number of rotatable bonds is 3. The molecule has 1 aliphatic heterocycles. The summed E-state index contributed by atoms with van der Waals surface area (Å²) in [6.45, 7) is 3.71. The fraction of sp³-hybridized carbons (Fsp3) is 0.250. The van der Waals surface area contributed by atoms with Crippen LogP contribution in [0.15, 0.2) is 41.2 Å². The minimum absolute atomic E-state index is 0.120. The van der Waals surface area contributed by atoms with Gasteiger partial charge in [0, 0.05) is 43.0 Å². The predicted molar refractivity (Wildman–Crippen MR) is 101 cm³/mol. The Bertz CT molecular complexity index is 1050. The number of nitrogens with two attached hydrogens (primary N) is 1. The van der Waals surface area contributed by atoms with Gasteiger partial charge in [0.25, 0.3) is 5.56 Å². The molecule has 7 heteroatoms. The van der Waals surface area contributed by atoms with Crippen molar-refractivity contribution in [3.8, 4) is 11.4 Å². The van der Waals surface area contributed by atoms with E-state index in [1.165, 1.54) is 6.07 Å². The van der Waals surface area contributed by atoms with E-state index >= 15 is 0 Å². The fourth-order valence-corrected chi connectivity index (χ4v) is 3.36. The van der Waals surface area contributed by atoms with E-state index in [1.807, 2.05) is 12.1 Å². The smallest absolute Gasteiger partial charge is 0.255 e. The number of nitrogen functional groups attached to an aromatic ring is 1. The Morgan fingerprint density at radius 1 is 1.19 bits per heavy atom. The van der Waals surface area contributed by atoms with Crippen molar-refractivity contribution < 1.29 is 4.39 Å². The van der Waals surface area contributed by atoms with Crippen LogP contribution >= 0.6 is 0 Å². The Hall–Kier alpha value is -3.06. The largest absolute Gasteiger partial charge is 0.399 e. The topological polar surface area (TPSA) is 87.9 Å². The summed E-state index contributed by atoms with van der Waals surface area (Å²) in [5, 5.41) is 0. The number of nitrogens with one attached hydrogen (secondary N) is 1. The van der Waals surface area contributed by atoms with Crippen LogP contribution in [-0.2, 0) is 19.5 Å². The summed E-state index contributed by atoms with van der Waals surface area (Å²) in [6, 6.07) is 10.4. The molecule has 3 heterocycles.